The second kappa shape index (κ2) is 6.33. The molecule has 0 amide bonds. The van der Waals surface area contributed by atoms with Crippen LogP contribution < -0.4 is 5.32 Å². The minimum atomic E-state index is -0.221. The summed E-state index contributed by atoms with van der Waals surface area (Å²) in [6, 6.07) is 3.95. The number of carbonyl (C=O) groups excluding carboxylic acids is 1. The molecular weight excluding hydrogens is 204 g/mol. The van der Waals surface area contributed by atoms with Crippen molar-refractivity contribution in [2.45, 2.75) is 26.9 Å². The van der Waals surface area contributed by atoms with Crippen LogP contribution in [-0.2, 0) is 22.6 Å². The zero-order chi connectivity index (χ0) is 12.0. The summed E-state index contributed by atoms with van der Waals surface area (Å²) in [5, 5.41) is 3.35. The zero-order valence-electron chi connectivity index (χ0n) is 10.2. The van der Waals surface area contributed by atoms with Crippen LogP contribution >= 0.6 is 0 Å². The fourth-order valence-electron chi connectivity index (χ4n) is 1.46. The van der Waals surface area contributed by atoms with Crippen LogP contribution in [0.3, 0.4) is 0 Å². The van der Waals surface area contributed by atoms with Gasteiger partial charge in [0.05, 0.1) is 7.11 Å². The summed E-state index contributed by atoms with van der Waals surface area (Å²) in [5.41, 5.74) is 1.10. The monoisotopic (exact) mass is 224 g/mol. The van der Waals surface area contributed by atoms with Crippen molar-refractivity contribution in [2.75, 3.05) is 13.7 Å². The first-order chi connectivity index (χ1) is 7.63. The lowest BCUT2D eigenvalue weighted by Gasteiger charge is -2.10. The van der Waals surface area contributed by atoms with Gasteiger partial charge in [-0.1, -0.05) is 13.8 Å². The molecule has 1 aromatic rings. The highest BCUT2D eigenvalue weighted by atomic mass is 16.5. The number of rotatable bonds is 6. The van der Waals surface area contributed by atoms with Crippen molar-refractivity contribution in [2.24, 2.45) is 5.92 Å². The maximum absolute atomic E-state index is 11.1. The number of hydrogen-bond donors (Lipinski definition) is 1. The molecule has 0 atom stereocenters. The SMILES string of the molecule is COC(=O)Cn1cccc1CNCC(C)C. The highest BCUT2D eigenvalue weighted by Gasteiger charge is 2.05. The number of esters is 1. The molecule has 16 heavy (non-hydrogen) atoms. The molecule has 4 nitrogen and oxygen atoms in total. The molecule has 0 aliphatic rings. The van der Waals surface area contributed by atoms with Gasteiger partial charge in [0.15, 0.2) is 0 Å². The molecule has 0 aromatic carbocycles. The first-order valence-corrected chi connectivity index (χ1v) is 5.55. The van der Waals surface area contributed by atoms with E-state index < -0.39 is 0 Å². The maximum atomic E-state index is 11.1. The predicted molar refractivity (Wildman–Crippen MR) is 63.0 cm³/mol. The molecule has 0 spiro atoms. The van der Waals surface area contributed by atoms with E-state index in [2.05, 4.69) is 23.9 Å². The molecule has 90 valence electrons. The van der Waals surface area contributed by atoms with Crippen molar-refractivity contribution < 1.29 is 9.53 Å². The Kier molecular flexibility index (Phi) is 5.05. The Morgan fingerprint density at radius 3 is 2.94 bits per heavy atom. The van der Waals surface area contributed by atoms with E-state index in [9.17, 15) is 4.79 Å². The van der Waals surface area contributed by atoms with Crippen molar-refractivity contribution in [3.63, 3.8) is 0 Å². The van der Waals surface area contributed by atoms with Crippen LogP contribution in [0.25, 0.3) is 0 Å². The lowest BCUT2D eigenvalue weighted by molar-refractivity contribution is -0.141. The predicted octanol–water partition coefficient (Wildman–Crippen LogP) is 1.41. The molecule has 0 bridgehead atoms. The number of aromatic nitrogens is 1. The second-order valence-electron chi connectivity index (χ2n) is 4.23. The topological polar surface area (TPSA) is 43.3 Å². The summed E-state index contributed by atoms with van der Waals surface area (Å²) < 4.78 is 6.54. The van der Waals surface area contributed by atoms with Gasteiger partial charge < -0.3 is 14.6 Å². The Morgan fingerprint density at radius 1 is 1.56 bits per heavy atom. The van der Waals surface area contributed by atoms with Crippen molar-refractivity contribution in [1.29, 1.82) is 0 Å². The molecule has 1 aromatic heterocycles. The first kappa shape index (κ1) is 12.8. The van der Waals surface area contributed by atoms with E-state index in [-0.39, 0.29) is 12.5 Å². The van der Waals surface area contributed by atoms with Crippen molar-refractivity contribution in [3.8, 4) is 0 Å². The van der Waals surface area contributed by atoms with Gasteiger partial charge in [0, 0.05) is 18.4 Å². The third kappa shape index (κ3) is 4.06. The first-order valence-electron chi connectivity index (χ1n) is 5.55. The molecule has 0 aliphatic carbocycles. The molecule has 1 heterocycles. The molecule has 1 N–H and O–H groups in total. The minimum Gasteiger partial charge on any atom is -0.468 e. The number of methoxy groups -OCH3 is 1. The summed E-state index contributed by atoms with van der Waals surface area (Å²) in [5.74, 6) is 0.408. The molecule has 0 unspecified atom stereocenters. The second-order valence-corrected chi connectivity index (χ2v) is 4.23. The maximum Gasteiger partial charge on any atom is 0.325 e. The summed E-state index contributed by atoms with van der Waals surface area (Å²) in [7, 11) is 1.41. The molecule has 0 aliphatic heterocycles. The lowest BCUT2D eigenvalue weighted by Crippen LogP contribution is -2.22. The number of nitrogens with one attached hydrogen (secondary N) is 1. The Bertz CT molecular complexity index is 332. The van der Waals surface area contributed by atoms with Crippen LogP contribution in [-0.4, -0.2) is 24.2 Å². The Morgan fingerprint density at radius 2 is 2.31 bits per heavy atom. The number of nitrogens with zero attached hydrogens (tertiary/aromatic N) is 1. The quantitative estimate of drug-likeness (QED) is 0.743. The van der Waals surface area contributed by atoms with Crippen LogP contribution in [0.5, 0.6) is 0 Å². The van der Waals surface area contributed by atoms with E-state index in [0.717, 1.165) is 18.8 Å². The van der Waals surface area contributed by atoms with E-state index in [1.165, 1.54) is 7.11 Å². The Balaban J connectivity index is 2.47. The van der Waals surface area contributed by atoms with Gasteiger partial charge in [0.25, 0.3) is 0 Å². The van der Waals surface area contributed by atoms with Gasteiger partial charge in [-0.25, -0.2) is 0 Å². The normalized spacial score (nSPS) is 10.8. The molecule has 0 saturated heterocycles. The molecule has 4 heteroatoms. The molecular formula is C12H20N2O2. The van der Waals surface area contributed by atoms with E-state index in [4.69, 9.17) is 0 Å². The van der Waals surface area contributed by atoms with E-state index in [1.807, 2.05) is 22.9 Å². The van der Waals surface area contributed by atoms with Crippen molar-refractivity contribution in [3.05, 3.63) is 24.0 Å². The van der Waals surface area contributed by atoms with E-state index >= 15 is 0 Å². The van der Waals surface area contributed by atoms with Crippen LogP contribution in [0.15, 0.2) is 18.3 Å². The van der Waals surface area contributed by atoms with Gasteiger partial charge in [-0.3, -0.25) is 4.79 Å². The van der Waals surface area contributed by atoms with Gasteiger partial charge in [-0.2, -0.15) is 0 Å². The van der Waals surface area contributed by atoms with Crippen LogP contribution in [0.4, 0.5) is 0 Å². The summed E-state index contributed by atoms with van der Waals surface area (Å²) in [4.78, 5) is 11.1. The van der Waals surface area contributed by atoms with Gasteiger partial charge in [0.1, 0.15) is 6.54 Å². The minimum absolute atomic E-state index is 0.221. The molecule has 0 saturated carbocycles. The highest BCUT2D eigenvalue weighted by Crippen LogP contribution is 2.02. The molecule has 0 radical (unpaired) electrons. The Hall–Kier alpha value is -1.29. The van der Waals surface area contributed by atoms with Gasteiger partial charge >= 0.3 is 5.97 Å². The lowest BCUT2D eigenvalue weighted by atomic mass is 10.2. The fraction of sp³-hybridized carbons (Fsp3) is 0.583. The summed E-state index contributed by atoms with van der Waals surface area (Å²) >= 11 is 0. The van der Waals surface area contributed by atoms with Crippen LogP contribution in [0.1, 0.15) is 19.5 Å². The van der Waals surface area contributed by atoms with Crippen LogP contribution in [0, 0.1) is 5.92 Å². The van der Waals surface area contributed by atoms with Gasteiger partial charge in [0.2, 0.25) is 0 Å². The average molecular weight is 224 g/mol. The molecule has 1 rings (SSSR count). The summed E-state index contributed by atoms with van der Waals surface area (Å²) in [6.07, 6.45) is 1.89. The fourth-order valence-corrected chi connectivity index (χ4v) is 1.46. The smallest absolute Gasteiger partial charge is 0.325 e. The average Bonchev–Trinajstić information content (AvgIpc) is 2.65. The number of carbonyl (C=O) groups is 1. The molecule has 0 fully saturated rings. The standard InChI is InChI=1S/C12H20N2O2/c1-10(2)7-13-8-11-5-4-6-14(11)9-12(15)16-3/h4-6,10,13H,7-9H2,1-3H3. The van der Waals surface area contributed by atoms with Crippen molar-refractivity contribution >= 4 is 5.97 Å². The largest absolute Gasteiger partial charge is 0.468 e. The van der Waals surface area contributed by atoms with E-state index in [1.54, 1.807) is 0 Å². The third-order valence-electron chi connectivity index (χ3n) is 2.31. The van der Waals surface area contributed by atoms with Crippen LogP contribution in [0.2, 0.25) is 0 Å². The zero-order valence-corrected chi connectivity index (χ0v) is 10.2. The number of ether oxygens (including phenoxy) is 1. The number of hydrogen-bond acceptors (Lipinski definition) is 3. The van der Waals surface area contributed by atoms with Gasteiger partial charge in [-0.15, -0.1) is 0 Å². The summed E-state index contributed by atoms with van der Waals surface area (Å²) in [6.45, 7) is 6.37. The Labute approximate surface area is 96.6 Å². The third-order valence-corrected chi connectivity index (χ3v) is 2.31. The highest BCUT2D eigenvalue weighted by molar-refractivity contribution is 5.69. The van der Waals surface area contributed by atoms with Crippen molar-refractivity contribution in [1.82, 2.24) is 9.88 Å². The van der Waals surface area contributed by atoms with E-state index in [0.29, 0.717) is 5.92 Å². The van der Waals surface area contributed by atoms with Gasteiger partial charge in [-0.05, 0) is 24.6 Å².